The molecule has 0 radical (unpaired) electrons. The second-order valence-electron chi connectivity index (χ2n) is 2.49. The van der Waals surface area contributed by atoms with Crippen LogP contribution in [-0.4, -0.2) is 22.7 Å². The van der Waals surface area contributed by atoms with Crippen molar-refractivity contribution in [1.29, 1.82) is 0 Å². The van der Waals surface area contributed by atoms with Crippen molar-refractivity contribution in [3.05, 3.63) is 23.8 Å². The zero-order valence-corrected chi connectivity index (χ0v) is 8.17. The Balaban J connectivity index is 2.74. The van der Waals surface area contributed by atoms with Crippen molar-refractivity contribution in [1.82, 2.24) is 0 Å². The lowest BCUT2D eigenvalue weighted by molar-refractivity contribution is -0.132. The molecule has 1 aliphatic carbocycles. The summed E-state index contributed by atoms with van der Waals surface area (Å²) in [5.74, 6) is -0.906. The van der Waals surface area contributed by atoms with E-state index in [4.69, 9.17) is 9.84 Å². The van der Waals surface area contributed by atoms with Crippen molar-refractivity contribution in [2.24, 2.45) is 0 Å². The number of aliphatic carboxylic acids is 1. The fraction of sp³-hybridized carbons (Fsp3) is 0.375. The molecule has 66 valence electrons. The van der Waals surface area contributed by atoms with Gasteiger partial charge in [0.25, 0.3) is 0 Å². The first-order valence-corrected chi connectivity index (χ1v) is 4.23. The van der Waals surface area contributed by atoms with E-state index in [2.05, 4.69) is 15.9 Å². The Morgan fingerprint density at radius 2 is 2.50 bits per heavy atom. The van der Waals surface area contributed by atoms with E-state index in [1.54, 1.807) is 19.3 Å². The normalized spacial score (nSPS) is 28.3. The van der Waals surface area contributed by atoms with Crippen molar-refractivity contribution in [3.8, 4) is 0 Å². The summed E-state index contributed by atoms with van der Waals surface area (Å²) in [5, 5.41) is 8.61. The molecule has 0 aliphatic heterocycles. The molecule has 1 aliphatic rings. The minimum absolute atomic E-state index is 0.308. The summed E-state index contributed by atoms with van der Waals surface area (Å²) in [6.45, 7) is 0. The van der Waals surface area contributed by atoms with Gasteiger partial charge in [-0.25, -0.2) is 4.79 Å². The highest BCUT2D eigenvalue weighted by molar-refractivity contribution is 9.10. The summed E-state index contributed by atoms with van der Waals surface area (Å²) in [6, 6.07) is 0. The molecule has 12 heavy (non-hydrogen) atoms. The number of carbonyl (C=O) groups is 1. The number of carboxylic acids is 1. The Morgan fingerprint density at radius 3 is 2.83 bits per heavy atom. The van der Waals surface area contributed by atoms with Crippen molar-refractivity contribution in [2.75, 3.05) is 7.11 Å². The van der Waals surface area contributed by atoms with Crippen LogP contribution in [0.5, 0.6) is 0 Å². The fourth-order valence-electron chi connectivity index (χ4n) is 0.909. The molecule has 1 N–H and O–H groups in total. The maximum atomic E-state index is 10.5. The van der Waals surface area contributed by atoms with Gasteiger partial charge in [-0.3, -0.25) is 0 Å². The monoisotopic (exact) mass is 232 g/mol. The van der Waals surface area contributed by atoms with E-state index in [0.717, 1.165) is 0 Å². The lowest BCUT2D eigenvalue weighted by Crippen LogP contribution is -2.22. The molecular formula is C8H9BrO3. The second kappa shape index (κ2) is 3.41. The zero-order chi connectivity index (χ0) is 9.19. The zero-order valence-electron chi connectivity index (χ0n) is 6.58. The molecule has 3 nitrogen and oxygen atoms in total. The number of hydrogen-bond acceptors (Lipinski definition) is 2. The number of carboxylic acid groups (broad SMARTS) is 1. The van der Waals surface area contributed by atoms with Crippen molar-refractivity contribution < 1.29 is 14.6 Å². The maximum Gasteiger partial charge on any atom is 0.335 e. The van der Waals surface area contributed by atoms with Crippen LogP contribution in [0.15, 0.2) is 23.8 Å². The molecule has 0 aromatic heterocycles. The van der Waals surface area contributed by atoms with Crippen LogP contribution in [0.4, 0.5) is 0 Å². The molecule has 1 unspecified atom stereocenters. The molecule has 4 heteroatoms. The van der Waals surface area contributed by atoms with Crippen LogP contribution in [0.2, 0.25) is 0 Å². The third-order valence-corrected chi connectivity index (χ3v) is 2.61. The lowest BCUT2D eigenvalue weighted by atomic mass is 10.1. The highest BCUT2D eigenvalue weighted by atomic mass is 79.9. The van der Waals surface area contributed by atoms with Gasteiger partial charge < -0.3 is 9.84 Å². The van der Waals surface area contributed by atoms with E-state index in [1.165, 1.54) is 6.08 Å². The van der Waals surface area contributed by atoms with Crippen LogP contribution < -0.4 is 0 Å². The van der Waals surface area contributed by atoms with E-state index in [0.29, 0.717) is 12.0 Å². The van der Waals surface area contributed by atoms with Crippen LogP contribution in [0, 0.1) is 0 Å². The third kappa shape index (κ3) is 1.95. The minimum atomic E-state index is -0.906. The van der Waals surface area contributed by atoms with Crippen LogP contribution in [-0.2, 0) is 9.53 Å². The summed E-state index contributed by atoms with van der Waals surface area (Å²) in [7, 11) is 1.57. The second-order valence-corrected chi connectivity index (χ2v) is 3.83. The number of halogens is 1. The van der Waals surface area contributed by atoms with Crippen molar-refractivity contribution in [2.45, 2.75) is 10.9 Å². The Bertz CT molecular complexity index is 257. The first-order chi connectivity index (χ1) is 5.57. The average Bonchev–Trinajstić information content (AvgIpc) is 2.05. The fourth-order valence-corrected chi connectivity index (χ4v) is 1.20. The van der Waals surface area contributed by atoms with E-state index in [-0.39, 0.29) is 0 Å². The van der Waals surface area contributed by atoms with Gasteiger partial charge in [0, 0.05) is 13.5 Å². The molecule has 1 atom stereocenters. The minimum Gasteiger partial charge on any atom is -0.478 e. The largest absolute Gasteiger partial charge is 0.478 e. The van der Waals surface area contributed by atoms with E-state index in [9.17, 15) is 4.79 Å². The van der Waals surface area contributed by atoms with Crippen LogP contribution in [0.25, 0.3) is 0 Å². The summed E-state index contributed by atoms with van der Waals surface area (Å²) in [6.07, 6.45) is 5.38. The van der Waals surface area contributed by atoms with Gasteiger partial charge in [-0.1, -0.05) is 6.08 Å². The van der Waals surface area contributed by atoms with E-state index >= 15 is 0 Å². The molecular weight excluding hydrogens is 224 g/mol. The standard InChI is InChI=1S/C8H9BrO3/c1-12-8(9)4-2-6(3-5-8)7(10)11/h2-4H,5H2,1H3,(H,10,11). The van der Waals surface area contributed by atoms with Gasteiger partial charge in [-0.2, -0.15) is 0 Å². The number of ether oxygens (including phenoxy) is 1. The van der Waals surface area contributed by atoms with Crippen molar-refractivity contribution in [3.63, 3.8) is 0 Å². The molecule has 0 aromatic rings. The Morgan fingerprint density at radius 1 is 1.83 bits per heavy atom. The highest BCUT2D eigenvalue weighted by Crippen LogP contribution is 2.30. The molecule has 0 aromatic carbocycles. The van der Waals surface area contributed by atoms with Crippen LogP contribution in [0.1, 0.15) is 6.42 Å². The molecule has 0 amide bonds. The molecule has 0 fully saturated rings. The number of methoxy groups -OCH3 is 1. The lowest BCUT2D eigenvalue weighted by Gasteiger charge is -2.23. The molecule has 0 heterocycles. The van der Waals surface area contributed by atoms with Gasteiger partial charge in [-0.15, -0.1) is 0 Å². The third-order valence-electron chi connectivity index (χ3n) is 1.70. The first-order valence-electron chi connectivity index (χ1n) is 3.44. The van der Waals surface area contributed by atoms with Gasteiger partial charge in [0.2, 0.25) is 0 Å². The van der Waals surface area contributed by atoms with Gasteiger partial charge in [0.15, 0.2) is 0 Å². The predicted molar refractivity (Wildman–Crippen MR) is 48.1 cm³/mol. The topological polar surface area (TPSA) is 46.5 Å². The smallest absolute Gasteiger partial charge is 0.335 e. The first kappa shape index (κ1) is 9.48. The van der Waals surface area contributed by atoms with Gasteiger partial charge >= 0.3 is 5.97 Å². The molecule has 0 saturated heterocycles. The Hall–Kier alpha value is -0.610. The summed E-state index contributed by atoms with van der Waals surface area (Å²) in [5.41, 5.74) is 0.308. The molecule has 1 rings (SSSR count). The predicted octanol–water partition coefficient (Wildman–Crippen LogP) is 1.69. The summed E-state index contributed by atoms with van der Waals surface area (Å²) >= 11 is 3.32. The Labute approximate surface area is 78.8 Å². The van der Waals surface area contributed by atoms with E-state index < -0.39 is 10.5 Å². The van der Waals surface area contributed by atoms with Crippen LogP contribution >= 0.6 is 15.9 Å². The van der Waals surface area contributed by atoms with E-state index in [1.807, 2.05) is 0 Å². The highest BCUT2D eigenvalue weighted by Gasteiger charge is 2.25. The summed E-state index contributed by atoms with van der Waals surface area (Å²) in [4.78, 5) is 10.5. The number of alkyl halides is 1. The molecule has 0 saturated carbocycles. The van der Waals surface area contributed by atoms with Gasteiger partial charge in [0.1, 0.15) is 4.51 Å². The SMILES string of the molecule is COC1(Br)C=CC(C(=O)O)=CC1. The quantitative estimate of drug-likeness (QED) is 0.738. The number of rotatable bonds is 2. The Kier molecular flexibility index (Phi) is 2.69. The molecule has 0 spiro atoms. The summed E-state index contributed by atoms with van der Waals surface area (Å²) < 4.78 is 4.58. The number of hydrogen-bond donors (Lipinski definition) is 1. The van der Waals surface area contributed by atoms with Gasteiger partial charge in [-0.05, 0) is 28.1 Å². The average molecular weight is 233 g/mol. The molecule has 0 bridgehead atoms. The van der Waals surface area contributed by atoms with Crippen LogP contribution in [0.3, 0.4) is 0 Å². The van der Waals surface area contributed by atoms with Gasteiger partial charge in [0.05, 0.1) is 5.57 Å². The van der Waals surface area contributed by atoms with Crippen molar-refractivity contribution >= 4 is 21.9 Å². The maximum absolute atomic E-state index is 10.5.